The summed E-state index contributed by atoms with van der Waals surface area (Å²) in [5, 5.41) is 13.3. The normalized spacial score (nSPS) is 21.5. The molecule has 1 saturated heterocycles. The number of nitrogens with one attached hydrogen (secondary N) is 3. The first-order chi connectivity index (χ1) is 13.3. The second kappa shape index (κ2) is 6.65. The molecule has 7 heteroatoms. The largest absolute Gasteiger partial charge is 0.332 e. The van der Waals surface area contributed by atoms with Gasteiger partial charge in [0.1, 0.15) is 0 Å². The van der Waals surface area contributed by atoms with Crippen LogP contribution < -0.4 is 10.6 Å². The lowest BCUT2D eigenvalue weighted by Crippen LogP contribution is -2.54. The molecule has 3 heterocycles. The van der Waals surface area contributed by atoms with Gasteiger partial charge in [-0.1, -0.05) is 39.0 Å². The fourth-order valence-electron chi connectivity index (χ4n) is 4.13. The minimum Gasteiger partial charge on any atom is -0.332 e. The maximum absolute atomic E-state index is 12.8. The van der Waals surface area contributed by atoms with Crippen LogP contribution in [0.5, 0.6) is 0 Å². The van der Waals surface area contributed by atoms with Crippen LogP contribution in [0.25, 0.3) is 0 Å². The highest BCUT2D eigenvalue weighted by atomic mass is 16.2. The maximum Gasteiger partial charge on any atom is 0.317 e. The zero-order valence-electron chi connectivity index (χ0n) is 16.6. The summed E-state index contributed by atoms with van der Waals surface area (Å²) < 4.78 is 0. The Morgan fingerprint density at radius 1 is 1.32 bits per heavy atom. The van der Waals surface area contributed by atoms with Crippen molar-refractivity contribution in [3.05, 3.63) is 47.3 Å². The number of H-pyrrole nitrogens is 1. The van der Waals surface area contributed by atoms with E-state index in [0.29, 0.717) is 19.6 Å². The summed E-state index contributed by atoms with van der Waals surface area (Å²) in [6.07, 6.45) is 1.56. The van der Waals surface area contributed by atoms with Crippen LogP contribution in [0.3, 0.4) is 0 Å². The van der Waals surface area contributed by atoms with Crippen LogP contribution in [0.4, 0.5) is 10.5 Å². The Morgan fingerprint density at radius 3 is 2.86 bits per heavy atom. The van der Waals surface area contributed by atoms with Gasteiger partial charge >= 0.3 is 6.03 Å². The molecule has 0 aliphatic carbocycles. The summed E-state index contributed by atoms with van der Waals surface area (Å²) in [7, 11) is 0. The number of fused-ring (bicyclic) bond motifs is 2. The third kappa shape index (κ3) is 3.15. The van der Waals surface area contributed by atoms with Crippen molar-refractivity contribution in [2.75, 3.05) is 18.4 Å². The van der Waals surface area contributed by atoms with E-state index >= 15 is 0 Å². The van der Waals surface area contributed by atoms with Crippen LogP contribution in [-0.2, 0) is 22.2 Å². The quantitative estimate of drug-likeness (QED) is 0.747. The lowest BCUT2D eigenvalue weighted by atomic mass is 9.75. The molecule has 0 radical (unpaired) electrons. The van der Waals surface area contributed by atoms with E-state index in [2.05, 4.69) is 41.6 Å². The molecule has 1 fully saturated rings. The minimum atomic E-state index is -0.639. The molecule has 0 saturated carbocycles. The highest BCUT2D eigenvalue weighted by molar-refractivity contribution is 6.06. The van der Waals surface area contributed by atoms with E-state index in [1.165, 1.54) is 0 Å². The molecular weight excluding hydrogens is 354 g/mol. The van der Waals surface area contributed by atoms with E-state index in [1.807, 2.05) is 30.3 Å². The number of anilines is 1. The highest BCUT2D eigenvalue weighted by Gasteiger charge is 2.49. The van der Waals surface area contributed by atoms with Gasteiger partial charge < -0.3 is 15.5 Å². The van der Waals surface area contributed by atoms with E-state index in [9.17, 15) is 9.59 Å². The topological polar surface area (TPSA) is 90.1 Å². The number of benzene rings is 1. The molecule has 3 amide bonds. The zero-order valence-corrected chi connectivity index (χ0v) is 16.6. The summed E-state index contributed by atoms with van der Waals surface area (Å²) in [5.74, 6) is -0.00501. The monoisotopic (exact) mass is 381 g/mol. The summed E-state index contributed by atoms with van der Waals surface area (Å²) in [5.41, 5.74) is 3.02. The van der Waals surface area contributed by atoms with Crippen molar-refractivity contribution in [3.63, 3.8) is 0 Å². The van der Waals surface area contributed by atoms with Crippen LogP contribution in [0, 0.1) is 0 Å². The van der Waals surface area contributed by atoms with E-state index in [1.54, 1.807) is 4.90 Å². The molecule has 4 rings (SSSR count). The second-order valence-electron chi connectivity index (χ2n) is 8.79. The van der Waals surface area contributed by atoms with E-state index < -0.39 is 5.41 Å². The standard InChI is InChI=1S/C21H27N5O2/c1-20(2,3)17-11-14(24-25-17)12-22-19(28)26-10-6-9-21(13-26)15-7-4-5-8-16(15)23-18(21)27/h4-5,7-8,11H,6,9-10,12-13H2,1-3H3,(H,22,28)(H,23,27)(H,24,25)/t21-/m0/s1. The van der Waals surface area contributed by atoms with E-state index in [-0.39, 0.29) is 17.4 Å². The van der Waals surface area contributed by atoms with Gasteiger partial charge in [0.15, 0.2) is 0 Å². The Bertz CT molecular complexity index is 914. The predicted octanol–water partition coefficient (Wildman–Crippen LogP) is 2.90. The van der Waals surface area contributed by atoms with Crippen molar-refractivity contribution in [2.45, 2.75) is 51.0 Å². The predicted molar refractivity (Wildman–Crippen MR) is 107 cm³/mol. The molecule has 1 aromatic heterocycles. The summed E-state index contributed by atoms with van der Waals surface area (Å²) in [6.45, 7) is 7.74. The van der Waals surface area contributed by atoms with Gasteiger partial charge in [-0.25, -0.2) is 4.79 Å². The number of urea groups is 1. The van der Waals surface area contributed by atoms with Crippen molar-refractivity contribution in [3.8, 4) is 0 Å². The van der Waals surface area contributed by atoms with Gasteiger partial charge in [0, 0.05) is 24.2 Å². The molecular formula is C21H27N5O2. The highest BCUT2D eigenvalue weighted by Crippen LogP contribution is 2.43. The van der Waals surface area contributed by atoms with Crippen molar-refractivity contribution in [1.82, 2.24) is 20.4 Å². The van der Waals surface area contributed by atoms with Gasteiger partial charge in [-0.05, 0) is 30.5 Å². The molecule has 2 aliphatic heterocycles. The number of amides is 3. The number of hydrogen-bond donors (Lipinski definition) is 3. The van der Waals surface area contributed by atoms with Crippen LogP contribution >= 0.6 is 0 Å². The number of rotatable bonds is 2. The number of hydrogen-bond acceptors (Lipinski definition) is 3. The second-order valence-corrected chi connectivity index (χ2v) is 8.79. The van der Waals surface area contributed by atoms with Crippen molar-refractivity contribution >= 4 is 17.6 Å². The molecule has 1 atom stereocenters. The Kier molecular flexibility index (Phi) is 4.40. The van der Waals surface area contributed by atoms with Crippen molar-refractivity contribution < 1.29 is 9.59 Å². The number of carbonyl (C=O) groups excluding carboxylic acids is 2. The Balaban J connectivity index is 1.44. The van der Waals surface area contributed by atoms with Crippen LogP contribution in [0.1, 0.15) is 50.6 Å². The van der Waals surface area contributed by atoms with Gasteiger partial charge in [-0.3, -0.25) is 9.89 Å². The van der Waals surface area contributed by atoms with Gasteiger partial charge in [-0.15, -0.1) is 0 Å². The Labute approximate surface area is 164 Å². The number of para-hydroxylation sites is 1. The molecule has 7 nitrogen and oxygen atoms in total. The minimum absolute atomic E-state index is 0.00501. The number of aromatic amines is 1. The summed E-state index contributed by atoms with van der Waals surface area (Å²) >= 11 is 0. The molecule has 28 heavy (non-hydrogen) atoms. The summed E-state index contributed by atoms with van der Waals surface area (Å²) in [6, 6.07) is 9.62. The van der Waals surface area contributed by atoms with Crippen LogP contribution in [0.2, 0.25) is 0 Å². The third-order valence-corrected chi connectivity index (χ3v) is 5.73. The van der Waals surface area contributed by atoms with Gasteiger partial charge in [0.05, 0.1) is 23.3 Å². The number of piperidine rings is 1. The fourth-order valence-corrected chi connectivity index (χ4v) is 4.13. The summed E-state index contributed by atoms with van der Waals surface area (Å²) in [4.78, 5) is 27.3. The van der Waals surface area contributed by atoms with Crippen LogP contribution in [0.15, 0.2) is 30.3 Å². The average molecular weight is 381 g/mol. The average Bonchev–Trinajstić information content (AvgIpc) is 3.24. The third-order valence-electron chi connectivity index (χ3n) is 5.73. The molecule has 148 valence electrons. The Hall–Kier alpha value is -2.83. The van der Waals surface area contributed by atoms with Crippen molar-refractivity contribution in [1.29, 1.82) is 0 Å². The Morgan fingerprint density at radius 2 is 2.11 bits per heavy atom. The molecule has 2 aromatic rings. The first kappa shape index (κ1) is 18.5. The zero-order chi connectivity index (χ0) is 19.9. The number of carbonyl (C=O) groups is 2. The number of aromatic nitrogens is 2. The van der Waals surface area contributed by atoms with Crippen LogP contribution in [-0.4, -0.2) is 40.1 Å². The van der Waals surface area contributed by atoms with E-state index in [0.717, 1.165) is 35.5 Å². The molecule has 2 aliphatic rings. The molecule has 0 unspecified atom stereocenters. The lowest BCUT2D eigenvalue weighted by Gasteiger charge is -2.39. The first-order valence-corrected chi connectivity index (χ1v) is 9.78. The molecule has 1 spiro atoms. The maximum atomic E-state index is 12.8. The molecule has 3 N–H and O–H groups in total. The van der Waals surface area contributed by atoms with Crippen molar-refractivity contribution in [2.24, 2.45) is 0 Å². The molecule has 1 aromatic carbocycles. The smallest absolute Gasteiger partial charge is 0.317 e. The first-order valence-electron chi connectivity index (χ1n) is 9.78. The van der Waals surface area contributed by atoms with Gasteiger partial charge in [0.25, 0.3) is 0 Å². The SMILES string of the molecule is CC(C)(C)c1cc(CNC(=O)N2CCC[C@@]3(C2)C(=O)Nc2ccccc23)[nH]n1. The van der Waals surface area contributed by atoms with E-state index in [4.69, 9.17) is 0 Å². The lowest BCUT2D eigenvalue weighted by molar-refractivity contribution is -0.122. The molecule has 0 bridgehead atoms. The van der Waals surface area contributed by atoms with Gasteiger partial charge in [0.2, 0.25) is 5.91 Å². The fraction of sp³-hybridized carbons (Fsp3) is 0.476. The van der Waals surface area contributed by atoms with Gasteiger partial charge in [-0.2, -0.15) is 5.10 Å². The number of nitrogens with zero attached hydrogens (tertiary/aromatic N) is 2. The number of likely N-dealkylation sites (tertiary alicyclic amines) is 1.